The molecule has 5 heteroatoms. The molecule has 5 nitrogen and oxygen atoms in total. The average molecular weight is 252 g/mol. The Hall–Kier alpha value is -2.82. The topological polar surface area (TPSA) is 61.2 Å². The van der Waals surface area contributed by atoms with Crippen LogP contribution < -0.4 is 5.76 Å². The quantitative estimate of drug-likeness (QED) is 0.522. The fourth-order valence-corrected chi connectivity index (χ4v) is 2.10. The van der Waals surface area contributed by atoms with Crippen LogP contribution in [0.25, 0.3) is 28.2 Å². The Morgan fingerprint density at radius 2 is 1.63 bits per heavy atom. The van der Waals surface area contributed by atoms with Crippen molar-refractivity contribution in [1.82, 2.24) is 9.55 Å². The molecular formula is C14H8N2O3. The van der Waals surface area contributed by atoms with Crippen LogP contribution in [0.2, 0.25) is 0 Å². The van der Waals surface area contributed by atoms with E-state index in [0.29, 0.717) is 22.2 Å². The van der Waals surface area contributed by atoms with E-state index < -0.39 is 5.76 Å². The minimum Gasteiger partial charge on any atom is -0.423 e. The van der Waals surface area contributed by atoms with Gasteiger partial charge in [-0.2, -0.15) is 9.55 Å². The molecule has 2 heterocycles. The number of hydrogen-bond acceptors (Lipinski definition) is 4. The van der Waals surface area contributed by atoms with Crippen molar-refractivity contribution in [2.75, 3.05) is 0 Å². The summed E-state index contributed by atoms with van der Waals surface area (Å²) >= 11 is 0. The number of hydrogen-bond donors (Lipinski definition) is 0. The molecule has 0 fully saturated rings. The van der Waals surface area contributed by atoms with E-state index in [-0.39, 0.29) is 6.01 Å². The lowest BCUT2D eigenvalue weighted by molar-refractivity contribution is 0.502. The molecule has 0 saturated carbocycles. The van der Waals surface area contributed by atoms with Gasteiger partial charge in [0.1, 0.15) is 5.52 Å². The summed E-state index contributed by atoms with van der Waals surface area (Å²) in [5, 5.41) is 0. The van der Waals surface area contributed by atoms with Crippen LogP contribution in [-0.2, 0) is 0 Å². The van der Waals surface area contributed by atoms with Gasteiger partial charge in [0.2, 0.25) is 0 Å². The van der Waals surface area contributed by atoms with Gasteiger partial charge in [-0.15, -0.1) is 0 Å². The number of oxazole rings is 2. The number of nitrogens with zero attached hydrogens (tertiary/aromatic N) is 2. The highest BCUT2D eigenvalue weighted by Crippen LogP contribution is 2.20. The van der Waals surface area contributed by atoms with Gasteiger partial charge in [0.25, 0.3) is 0 Å². The number of rotatable bonds is 1. The van der Waals surface area contributed by atoms with Crippen molar-refractivity contribution in [3.05, 3.63) is 59.1 Å². The number of para-hydroxylation sites is 4. The Kier molecular flexibility index (Phi) is 1.91. The Balaban J connectivity index is 2.09. The van der Waals surface area contributed by atoms with Crippen LogP contribution in [0.5, 0.6) is 0 Å². The molecule has 4 rings (SSSR count). The first-order chi connectivity index (χ1) is 9.33. The molecule has 0 bridgehead atoms. The van der Waals surface area contributed by atoms with Crippen molar-refractivity contribution >= 4 is 22.2 Å². The fraction of sp³-hybridized carbons (Fsp3) is 0. The van der Waals surface area contributed by atoms with Crippen LogP contribution >= 0.6 is 0 Å². The second kappa shape index (κ2) is 3.58. The first-order valence-electron chi connectivity index (χ1n) is 5.79. The van der Waals surface area contributed by atoms with E-state index in [0.717, 1.165) is 0 Å². The molecule has 0 spiro atoms. The van der Waals surface area contributed by atoms with Crippen LogP contribution in [0.15, 0.2) is 62.2 Å². The third kappa shape index (κ3) is 1.41. The van der Waals surface area contributed by atoms with E-state index in [9.17, 15) is 4.79 Å². The lowest BCUT2D eigenvalue weighted by Gasteiger charge is -1.93. The lowest BCUT2D eigenvalue weighted by Crippen LogP contribution is -2.11. The fourth-order valence-electron chi connectivity index (χ4n) is 2.10. The molecule has 0 N–H and O–H groups in total. The van der Waals surface area contributed by atoms with E-state index in [1.165, 1.54) is 4.57 Å². The normalized spacial score (nSPS) is 11.4. The summed E-state index contributed by atoms with van der Waals surface area (Å²) in [5.41, 5.74) is 2.48. The van der Waals surface area contributed by atoms with E-state index >= 15 is 0 Å². The highest BCUT2D eigenvalue weighted by atomic mass is 16.4. The number of aromatic nitrogens is 2. The van der Waals surface area contributed by atoms with Gasteiger partial charge in [-0.05, 0) is 24.3 Å². The minimum absolute atomic E-state index is 0.219. The first kappa shape index (κ1) is 10.1. The van der Waals surface area contributed by atoms with Gasteiger partial charge in [0, 0.05) is 0 Å². The van der Waals surface area contributed by atoms with Crippen LogP contribution in [0.1, 0.15) is 0 Å². The summed E-state index contributed by atoms with van der Waals surface area (Å²) in [6, 6.07) is 14.7. The number of benzene rings is 2. The summed E-state index contributed by atoms with van der Waals surface area (Å²) in [7, 11) is 0. The van der Waals surface area contributed by atoms with Gasteiger partial charge in [-0.3, -0.25) is 0 Å². The molecule has 0 unspecified atom stereocenters. The Bertz CT molecular complexity index is 913. The highest BCUT2D eigenvalue weighted by Gasteiger charge is 2.15. The van der Waals surface area contributed by atoms with Gasteiger partial charge in [-0.25, -0.2) is 4.79 Å². The maximum atomic E-state index is 11.9. The third-order valence-corrected chi connectivity index (χ3v) is 2.96. The van der Waals surface area contributed by atoms with Crippen LogP contribution in [-0.4, -0.2) is 9.55 Å². The predicted octanol–water partition coefficient (Wildman–Crippen LogP) is 2.72. The van der Waals surface area contributed by atoms with E-state index in [2.05, 4.69) is 4.98 Å². The van der Waals surface area contributed by atoms with Gasteiger partial charge in [0.05, 0.1) is 5.52 Å². The maximum Gasteiger partial charge on any atom is 0.428 e. The zero-order chi connectivity index (χ0) is 12.8. The molecule has 0 radical (unpaired) electrons. The van der Waals surface area contributed by atoms with Crippen LogP contribution in [0.3, 0.4) is 0 Å². The number of fused-ring (bicyclic) bond motifs is 2. The summed E-state index contributed by atoms with van der Waals surface area (Å²) < 4.78 is 12.1. The zero-order valence-electron chi connectivity index (χ0n) is 9.74. The van der Waals surface area contributed by atoms with Crippen molar-refractivity contribution < 1.29 is 8.83 Å². The summed E-state index contributed by atoms with van der Waals surface area (Å²) in [6.07, 6.45) is 0. The van der Waals surface area contributed by atoms with Gasteiger partial charge < -0.3 is 8.83 Å². The van der Waals surface area contributed by atoms with Gasteiger partial charge in [0.15, 0.2) is 11.2 Å². The average Bonchev–Trinajstić information content (AvgIpc) is 2.97. The molecule has 0 saturated heterocycles. The smallest absolute Gasteiger partial charge is 0.423 e. The summed E-state index contributed by atoms with van der Waals surface area (Å²) in [5.74, 6) is -0.507. The molecule has 0 atom stereocenters. The predicted molar refractivity (Wildman–Crippen MR) is 69.4 cm³/mol. The van der Waals surface area contributed by atoms with Crippen molar-refractivity contribution in [3.63, 3.8) is 0 Å². The van der Waals surface area contributed by atoms with Crippen molar-refractivity contribution in [3.8, 4) is 6.01 Å². The summed E-state index contributed by atoms with van der Waals surface area (Å²) in [4.78, 5) is 16.2. The highest BCUT2D eigenvalue weighted by molar-refractivity contribution is 5.76. The molecule has 19 heavy (non-hydrogen) atoms. The second-order valence-corrected chi connectivity index (χ2v) is 4.14. The molecule has 2 aromatic carbocycles. The SMILES string of the molecule is O=c1oc2ccccc2n1-c1nc2ccccc2o1. The largest absolute Gasteiger partial charge is 0.428 e. The molecule has 4 aromatic rings. The van der Waals surface area contributed by atoms with Gasteiger partial charge >= 0.3 is 11.8 Å². The third-order valence-electron chi connectivity index (χ3n) is 2.96. The van der Waals surface area contributed by atoms with Crippen molar-refractivity contribution in [2.45, 2.75) is 0 Å². The van der Waals surface area contributed by atoms with Crippen molar-refractivity contribution in [1.29, 1.82) is 0 Å². The second-order valence-electron chi connectivity index (χ2n) is 4.14. The minimum atomic E-state index is -0.507. The lowest BCUT2D eigenvalue weighted by atomic mass is 10.3. The molecule has 0 aliphatic heterocycles. The van der Waals surface area contributed by atoms with Crippen molar-refractivity contribution in [2.24, 2.45) is 0 Å². The zero-order valence-corrected chi connectivity index (χ0v) is 9.74. The monoisotopic (exact) mass is 252 g/mol. The van der Waals surface area contributed by atoms with Crippen LogP contribution in [0.4, 0.5) is 0 Å². The molecule has 92 valence electrons. The molecule has 0 amide bonds. The summed E-state index contributed by atoms with van der Waals surface area (Å²) in [6.45, 7) is 0. The first-order valence-corrected chi connectivity index (χ1v) is 5.79. The van der Waals surface area contributed by atoms with E-state index in [1.807, 2.05) is 30.3 Å². The molecule has 0 aliphatic rings. The van der Waals surface area contributed by atoms with E-state index in [4.69, 9.17) is 8.83 Å². The Morgan fingerprint density at radius 1 is 0.895 bits per heavy atom. The molecule has 2 aromatic heterocycles. The van der Waals surface area contributed by atoms with Gasteiger partial charge in [-0.1, -0.05) is 24.3 Å². The Labute approximate surface area is 106 Å². The maximum absolute atomic E-state index is 11.9. The standard InChI is InChI=1S/C14H8N2O3/c17-14-16(10-6-2-4-8-12(10)19-14)13-15-9-5-1-3-7-11(9)18-13/h1-8H. The van der Waals surface area contributed by atoms with Crippen LogP contribution in [0, 0.1) is 0 Å². The molecule has 0 aliphatic carbocycles. The molecular weight excluding hydrogens is 244 g/mol. The van der Waals surface area contributed by atoms with E-state index in [1.54, 1.807) is 18.2 Å². The Morgan fingerprint density at radius 3 is 2.47 bits per heavy atom.